The fourth-order valence-electron chi connectivity index (χ4n) is 5.98. The molecule has 246 valence electrons. The van der Waals surface area contributed by atoms with E-state index in [1.807, 2.05) is 41.6 Å². The predicted octanol–water partition coefficient (Wildman–Crippen LogP) is 5.80. The van der Waals surface area contributed by atoms with E-state index in [1.165, 1.54) is 6.07 Å². The molecule has 14 heteroatoms. The van der Waals surface area contributed by atoms with E-state index in [0.29, 0.717) is 17.0 Å². The first kappa shape index (κ1) is 33.2. The summed E-state index contributed by atoms with van der Waals surface area (Å²) in [6, 6.07) is 6.19. The number of alkyl halides is 3. The van der Waals surface area contributed by atoms with Crippen LogP contribution in [-0.2, 0) is 22.3 Å². The number of hydrogen-bond acceptors (Lipinski definition) is 7. The maximum atomic E-state index is 13.1. The molecule has 0 bridgehead atoms. The highest BCUT2D eigenvalue weighted by Gasteiger charge is 2.33. The maximum absolute atomic E-state index is 13.1. The molecule has 0 saturated carbocycles. The summed E-state index contributed by atoms with van der Waals surface area (Å²) in [6.07, 6.45) is 2.28. The van der Waals surface area contributed by atoms with E-state index in [1.54, 1.807) is 30.8 Å². The number of carbonyl (C=O) groups excluding carboxylic acids is 3. The number of rotatable bonds is 6. The molecule has 5 aromatic rings. The van der Waals surface area contributed by atoms with Crippen LogP contribution in [0.2, 0.25) is 0 Å². The number of amides is 2. The lowest BCUT2D eigenvalue weighted by Crippen LogP contribution is -2.36. The SMILES string of the molecule is CC(=O)c1cn(CC(=O)N2CC(C)CC2C)c2c(C)nc(-c3cnc4cc(C)nn4c3)cc12.Cc1ccc(C(F)(F)F)nc1NC=O. The second-order valence-corrected chi connectivity index (χ2v) is 12.0. The van der Waals surface area contributed by atoms with Gasteiger partial charge in [0.2, 0.25) is 12.3 Å². The lowest BCUT2D eigenvalue weighted by atomic mass is 10.1. The number of halogens is 3. The molecular formula is C33H35F3N8O3. The van der Waals surface area contributed by atoms with Gasteiger partial charge in [0.05, 0.1) is 22.6 Å². The summed E-state index contributed by atoms with van der Waals surface area (Å²) in [5.74, 6) is 0.469. The Labute approximate surface area is 268 Å². The van der Waals surface area contributed by atoms with E-state index < -0.39 is 11.9 Å². The number of pyridine rings is 2. The summed E-state index contributed by atoms with van der Waals surface area (Å²) in [4.78, 5) is 50.2. The van der Waals surface area contributed by atoms with Crippen LogP contribution in [-0.4, -0.2) is 64.7 Å². The highest BCUT2D eigenvalue weighted by atomic mass is 19.4. The number of fused-ring (bicyclic) bond motifs is 2. The number of carbonyl (C=O) groups is 3. The van der Waals surface area contributed by atoms with Crippen LogP contribution in [0.1, 0.15) is 60.2 Å². The van der Waals surface area contributed by atoms with Crippen molar-refractivity contribution >= 4 is 40.5 Å². The summed E-state index contributed by atoms with van der Waals surface area (Å²) >= 11 is 0. The predicted molar refractivity (Wildman–Crippen MR) is 170 cm³/mol. The molecule has 0 aromatic carbocycles. The van der Waals surface area contributed by atoms with E-state index in [4.69, 9.17) is 4.98 Å². The monoisotopic (exact) mass is 648 g/mol. The van der Waals surface area contributed by atoms with Crippen molar-refractivity contribution in [2.75, 3.05) is 11.9 Å². The zero-order valence-corrected chi connectivity index (χ0v) is 26.9. The van der Waals surface area contributed by atoms with Crippen LogP contribution in [0, 0.1) is 26.7 Å². The van der Waals surface area contributed by atoms with Gasteiger partial charge < -0.3 is 14.8 Å². The third kappa shape index (κ3) is 7.00. The minimum Gasteiger partial charge on any atom is -0.338 e. The molecule has 1 aliphatic rings. The highest BCUT2D eigenvalue weighted by Crippen LogP contribution is 2.31. The topological polar surface area (TPSA) is 127 Å². The van der Waals surface area contributed by atoms with Crippen molar-refractivity contribution in [1.82, 2.24) is 34.0 Å². The number of nitrogens with zero attached hydrogens (tertiary/aromatic N) is 7. The molecule has 2 amide bonds. The van der Waals surface area contributed by atoms with E-state index in [-0.39, 0.29) is 36.5 Å². The second kappa shape index (κ2) is 12.9. The standard InChI is InChI=1S/C25H28N6O2.C8H7F3N2O/c1-14-6-16(3)30(10-14)24(33)13-29-12-21(18(5)32)20-8-22(27-17(4)25(20)29)19-9-26-23-7-15(2)28-31(23)11-19;1-5-2-3-6(8(9,10)11)13-7(5)12-4-14/h7-9,11-12,14,16H,6,10,13H2,1-5H3;2-4H,1H3,(H,12,13,14). The molecule has 1 N–H and O–H groups in total. The molecule has 0 radical (unpaired) electrons. The number of Topliss-reactive ketones (excluding diaryl/α,β-unsaturated/α-hetero) is 1. The minimum absolute atomic E-state index is 0.0396. The summed E-state index contributed by atoms with van der Waals surface area (Å²) in [5.41, 5.74) is 4.83. The first-order valence-electron chi connectivity index (χ1n) is 15.0. The van der Waals surface area contributed by atoms with Crippen molar-refractivity contribution < 1.29 is 27.6 Å². The minimum atomic E-state index is -4.49. The van der Waals surface area contributed by atoms with Crippen molar-refractivity contribution in [3.8, 4) is 11.3 Å². The van der Waals surface area contributed by atoms with Gasteiger partial charge in [-0.25, -0.2) is 14.5 Å². The van der Waals surface area contributed by atoms with E-state index >= 15 is 0 Å². The number of nitrogens with one attached hydrogen (secondary N) is 1. The molecule has 6 rings (SSSR count). The lowest BCUT2D eigenvalue weighted by molar-refractivity contribution is -0.141. The van der Waals surface area contributed by atoms with Gasteiger partial charge >= 0.3 is 6.18 Å². The zero-order valence-electron chi connectivity index (χ0n) is 26.9. The molecule has 6 heterocycles. The van der Waals surface area contributed by atoms with Gasteiger partial charge in [0.15, 0.2) is 11.4 Å². The van der Waals surface area contributed by atoms with Gasteiger partial charge in [0, 0.05) is 53.8 Å². The van der Waals surface area contributed by atoms with Crippen molar-refractivity contribution in [3.63, 3.8) is 0 Å². The Kier molecular flexibility index (Phi) is 9.14. The maximum Gasteiger partial charge on any atom is 0.433 e. The average molecular weight is 649 g/mol. The smallest absolute Gasteiger partial charge is 0.338 e. The first-order chi connectivity index (χ1) is 22.2. The molecule has 1 aliphatic heterocycles. The number of hydrogen-bond donors (Lipinski definition) is 1. The molecule has 11 nitrogen and oxygen atoms in total. The molecule has 47 heavy (non-hydrogen) atoms. The van der Waals surface area contributed by atoms with Crippen molar-refractivity contribution in [2.24, 2.45) is 5.92 Å². The van der Waals surface area contributed by atoms with Gasteiger partial charge in [0.25, 0.3) is 0 Å². The summed E-state index contributed by atoms with van der Waals surface area (Å²) in [5, 5.41) is 7.34. The Morgan fingerprint density at radius 2 is 1.83 bits per heavy atom. The van der Waals surface area contributed by atoms with Gasteiger partial charge in [-0.2, -0.15) is 18.3 Å². The van der Waals surface area contributed by atoms with Gasteiger partial charge in [0.1, 0.15) is 18.1 Å². The van der Waals surface area contributed by atoms with Crippen LogP contribution in [0.3, 0.4) is 0 Å². The van der Waals surface area contributed by atoms with Gasteiger partial charge in [-0.1, -0.05) is 13.0 Å². The summed E-state index contributed by atoms with van der Waals surface area (Å²) in [7, 11) is 0. The Hall–Kier alpha value is -5.14. The number of ketones is 1. The quantitative estimate of drug-likeness (QED) is 0.182. The molecule has 0 spiro atoms. The van der Waals surface area contributed by atoms with Gasteiger partial charge in [-0.15, -0.1) is 0 Å². The number of aromatic nitrogens is 6. The number of likely N-dealkylation sites (tertiary alicyclic amines) is 1. The van der Waals surface area contributed by atoms with Gasteiger partial charge in [-0.3, -0.25) is 19.4 Å². The average Bonchev–Trinajstić information content (AvgIpc) is 3.66. The van der Waals surface area contributed by atoms with Crippen molar-refractivity contribution in [3.05, 3.63) is 71.1 Å². The zero-order chi connectivity index (χ0) is 34.2. The Balaban J connectivity index is 0.000000261. The first-order valence-corrected chi connectivity index (χ1v) is 15.0. The van der Waals surface area contributed by atoms with Crippen LogP contribution in [0.15, 0.2) is 42.9 Å². The van der Waals surface area contributed by atoms with Crippen LogP contribution >= 0.6 is 0 Å². The molecule has 0 aliphatic carbocycles. The third-order valence-electron chi connectivity index (χ3n) is 8.13. The van der Waals surface area contributed by atoms with Crippen LogP contribution < -0.4 is 5.32 Å². The highest BCUT2D eigenvalue weighted by molar-refractivity contribution is 6.08. The van der Waals surface area contributed by atoms with E-state index in [9.17, 15) is 27.6 Å². The second-order valence-electron chi connectivity index (χ2n) is 12.0. The van der Waals surface area contributed by atoms with Crippen LogP contribution in [0.4, 0.5) is 19.0 Å². The Morgan fingerprint density at radius 3 is 2.47 bits per heavy atom. The largest absolute Gasteiger partial charge is 0.433 e. The Bertz CT molecular complexity index is 2000. The normalized spacial score (nSPS) is 16.3. The van der Waals surface area contributed by atoms with Crippen LogP contribution in [0.25, 0.3) is 27.8 Å². The molecule has 2 unspecified atom stereocenters. The fourth-order valence-corrected chi connectivity index (χ4v) is 5.98. The lowest BCUT2D eigenvalue weighted by Gasteiger charge is -2.22. The number of anilines is 1. The Morgan fingerprint density at radius 1 is 1.09 bits per heavy atom. The molecule has 1 fully saturated rings. The fraction of sp³-hybridized carbons (Fsp3) is 0.364. The van der Waals surface area contributed by atoms with E-state index in [2.05, 4.69) is 34.2 Å². The molecule has 1 saturated heterocycles. The molecule has 5 aromatic heterocycles. The van der Waals surface area contributed by atoms with Gasteiger partial charge in [-0.05, 0) is 64.7 Å². The van der Waals surface area contributed by atoms with Crippen molar-refractivity contribution in [1.29, 1.82) is 0 Å². The summed E-state index contributed by atoms with van der Waals surface area (Å²) in [6.45, 7) is 12.2. The van der Waals surface area contributed by atoms with Crippen molar-refractivity contribution in [2.45, 2.75) is 66.7 Å². The van der Waals surface area contributed by atoms with E-state index in [0.717, 1.165) is 58.2 Å². The molecule has 2 atom stereocenters. The third-order valence-corrected chi connectivity index (χ3v) is 8.13. The summed E-state index contributed by atoms with van der Waals surface area (Å²) < 4.78 is 40.1. The van der Waals surface area contributed by atoms with Crippen LogP contribution in [0.5, 0.6) is 0 Å². The number of aryl methyl sites for hydroxylation is 3. The molecular weight excluding hydrogens is 613 g/mol.